The first kappa shape index (κ1) is 14.4. The molecule has 0 radical (unpaired) electrons. The predicted octanol–water partition coefficient (Wildman–Crippen LogP) is 4.17. The number of halogens is 1. The number of hydrogen-bond acceptors (Lipinski definition) is 3. The first-order valence-corrected chi connectivity index (χ1v) is 8.40. The highest BCUT2D eigenvalue weighted by Gasteiger charge is 2.27. The van der Waals surface area contributed by atoms with Crippen LogP contribution < -0.4 is 5.32 Å². The molecular formula is C18H15BrN4. The lowest BCUT2D eigenvalue weighted by molar-refractivity contribution is 0.605. The van der Waals surface area contributed by atoms with Gasteiger partial charge in [0.1, 0.15) is 5.82 Å². The van der Waals surface area contributed by atoms with Crippen LogP contribution in [0, 0.1) is 17.2 Å². The van der Waals surface area contributed by atoms with Crippen LogP contribution in [0.5, 0.6) is 0 Å². The number of aromatic nitrogens is 2. The van der Waals surface area contributed by atoms with E-state index in [0.29, 0.717) is 0 Å². The number of aromatic amines is 1. The van der Waals surface area contributed by atoms with Crippen LogP contribution in [-0.2, 0) is 0 Å². The number of nitriles is 1. The minimum Gasteiger partial charge on any atom is -0.341 e. The fourth-order valence-corrected chi connectivity index (χ4v) is 3.47. The van der Waals surface area contributed by atoms with E-state index in [2.05, 4.69) is 73.7 Å². The summed E-state index contributed by atoms with van der Waals surface area (Å²) in [5.74, 6) is 0.987. The molecule has 4 rings (SSSR count). The zero-order valence-electron chi connectivity index (χ0n) is 12.4. The fourth-order valence-electron chi connectivity index (χ4n) is 3.09. The maximum Gasteiger partial charge on any atom is 0.123 e. The maximum absolute atomic E-state index is 9.01. The molecule has 0 saturated carbocycles. The molecule has 2 unspecified atom stereocenters. The summed E-state index contributed by atoms with van der Waals surface area (Å²) in [6.07, 6.45) is 2.69. The van der Waals surface area contributed by atoms with Crippen molar-refractivity contribution in [1.29, 1.82) is 5.26 Å². The second kappa shape index (κ2) is 5.80. The Kier molecular flexibility index (Phi) is 3.64. The van der Waals surface area contributed by atoms with Crippen LogP contribution in [0.2, 0.25) is 0 Å². The molecule has 114 valence electrons. The van der Waals surface area contributed by atoms with Gasteiger partial charge in [-0.25, -0.2) is 4.98 Å². The topological polar surface area (TPSA) is 64.5 Å². The highest BCUT2D eigenvalue weighted by molar-refractivity contribution is 9.10. The van der Waals surface area contributed by atoms with Crippen molar-refractivity contribution >= 4 is 26.7 Å². The van der Waals surface area contributed by atoms with E-state index in [1.54, 1.807) is 0 Å². The molecule has 1 aliphatic rings. The van der Waals surface area contributed by atoms with Gasteiger partial charge in [0.05, 0.1) is 29.9 Å². The smallest absolute Gasteiger partial charge is 0.123 e. The first-order chi connectivity index (χ1) is 11.2. The lowest BCUT2D eigenvalue weighted by Crippen LogP contribution is -2.14. The summed E-state index contributed by atoms with van der Waals surface area (Å²) in [6.45, 7) is 0.738. The summed E-state index contributed by atoms with van der Waals surface area (Å²) in [5, 5.41) is 14.8. The highest BCUT2D eigenvalue weighted by atomic mass is 79.9. The zero-order chi connectivity index (χ0) is 15.8. The average molecular weight is 367 g/mol. The van der Waals surface area contributed by atoms with Crippen molar-refractivity contribution in [2.45, 2.75) is 12.5 Å². The minimum absolute atomic E-state index is 0.0765. The monoisotopic (exact) mass is 366 g/mol. The molecule has 1 aromatic heterocycles. The summed E-state index contributed by atoms with van der Waals surface area (Å²) >= 11 is 3.50. The molecule has 1 aliphatic heterocycles. The second-order valence-corrected chi connectivity index (χ2v) is 6.83. The van der Waals surface area contributed by atoms with Crippen LogP contribution in [0.15, 0.2) is 47.1 Å². The summed E-state index contributed by atoms with van der Waals surface area (Å²) in [7, 11) is 0. The van der Waals surface area contributed by atoms with Crippen molar-refractivity contribution in [2.24, 2.45) is 5.92 Å². The van der Waals surface area contributed by atoms with Gasteiger partial charge >= 0.3 is 0 Å². The van der Waals surface area contributed by atoms with Gasteiger partial charge in [-0.2, -0.15) is 5.26 Å². The molecule has 1 saturated heterocycles. The van der Waals surface area contributed by atoms with Gasteiger partial charge in [-0.1, -0.05) is 34.1 Å². The van der Waals surface area contributed by atoms with Crippen molar-refractivity contribution in [3.8, 4) is 17.3 Å². The molecule has 4 nitrogen and oxygen atoms in total. The Morgan fingerprint density at radius 1 is 1.17 bits per heavy atom. The molecule has 5 heteroatoms. The molecule has 0 bridgehead atoms. The van der Waals surface area contributed by atoms with Gasteiger partial charge < -0.3 is 10.3 Å². The number of benzene rings is 2. The van der Waals surface area contributed by atoms with Crippen molar-refractivity contribution in [2.75, 3.05) is 6.54 Å². The Balaban J connectivity index is 1.64. The quantitative estimate of drug-likeness (QED) is 0.715. The minimum atomic E-state index is 0.0765. The molecule has 0 aliphatic carbocycles. The molecule has 1 fully saturated rings. The van der Waals surface area contributed by atoms with Crippen LogP contribution >= 0.6 is 15.9 Å². The molecule has 2 aromatic carbocycles. The third-order valence-corrected chi connectivity index (χ3v) is 4.85. The average Bonchev–Trinajstić information content (AvgIpc) is 3.23. The standard InChI is InChI=1S/C18H15BrN4/c19-15-4-3-12-6-14(2-1-13(12)7-15)17-10-22-18(23-17)16-5-11(8-20)9-21-16/h1-4,6-7,10-11,16,21H,5,9H2,(H,22,23). The number of nitrogens with zero attached hydrogens (tertiary/aromatic N) is 2. The number of nitrogens with one attached hydrogen (secondary N) is 2. The van der Waals surface area contributed by atoms with Gasteiger partial charge in [0.15, 0.2) is 0 Å². The number of fused-ring (bicyclic) bond motifs is 1. The van der Waals surface area contributed by atoms with Crippen molar-refractivity contribution in [1.82, 2.24) is 15.3 Å². The Bertz CT molecular complexity index is 909. The molecule has 23 heavy (non-hydrogen) atoms. The summed E-state index contributed by atoms with van der Waals surface area (Å²) in [6, 6.07) is 15.1. The highest BCUT2D eigenvalue weighted by Crippen LogP contribution is 2.29. The molecule has 2 atom stereocenters. The van der Waals surface area contributed by atoms with Crippen LogP contribution in [0.1, 0.15) is 18.3 Å². The van der Waals surface area contributed by atoms with Gasteiger partial charge in [0.2, 0.25) is 0 Å². The van der Waals surface area contributed by atoms with E-state index < -0.39 is 0 Å². The summed E-state index contributed by atoms with van der Waals surface area (Å²) < 4.78 is 1.08. The van der Waals surface area contributed by atoms with Gasteiger partial charge in [0, 0.05) is 16.6 Å². The summed E-state index contributed by atoms with van der Waals surface area (Å²) in [4.78, 5) is 7.90. The molecule has 3 aromatic rings. The Hall–Kier alpha value is -2.16. The van der Waals surface area contributed by atoms with E-state index in [9.17, 15) is 0 Å². The van der Waals surface area contributed by atoms with Gasteiger partial charge in [0.25, 0.3) is 0 Å². The molecule has 0 amide bonds. The molecule has 0 spiro atoms. The van der Waals surface area contributed by atoms with Crippen molar-refractivity contribution < 1.29 is 0 Å². The maximum atomic E-state index is 9.01. The Morgan fingerprint density at radius 2 is 2.00 bits per heavy atom. The van der Waals surface area contributed by atoms with E-state index in [0.717, 1.165) is 34.5 Å². The van der Waals surface area contributed by atoms with Crippen LogP contribution in [0.3, 0.4) is 0 Å². The number of hydrogen-bond donors (Lipinski definition) is 2. The SMILES string of the molecule is N#CC1CNC(c2ncc(-c3ccc4cc(Br)ccc4c3)[nH]2)C1. The van der Waals surface area contributed by atoms with Gasteiger partial charge in [-0.15, -0.1) is 0 Å². The lowest BCUT2D eigenvalue weighted by Gasteiger charge is -2.06. The number of H-pyrrole nitrogens is 1. The van der Waals surface area contributed by atoms with Gasteiger partial charge in [-0.05, 0) is 35.4 Å². The largest absolute Gasteiger partial charge is 0.341 e. The number of rotatable bonds is 2. The van der Waals surface area contributed by atoms with Gasteiger partial charge in [-0.3, -0.25) is 0 Å². The molecule has 2 N–H and O–H groups in total. The zero-order valence-corrected chi connectivity index (χ0v) is 14.0. The van der Waals surface area contributed by atoms with E-state index in [1.807, 2.05) is 6.20 Å². The molecule has 2 heterocycles. The Labute approximate surface area is 142 Å². The summed E-state index contributed by atoms with van der Waals surface area (Å²) in [5.41, 5.74) is 2.13. The molecular weight excluding hydrogens is 352 g/mol. The normalized spacial score (nSPS) is 20.7. The Morgan fingerprint density at radius 3 is 2.83 bits per heavy atom. The van der Waals surface area contributed by atoms with Crippen LogP contribution in [0.25, 0.3) is 22.0 Å². The first-order valence-electron chi connectivity index (χ1n) is 7.60. The van der Waals surface area contributed by atoms with E-state index in [-0.39, 0.29) is 12.0 Å². The van der Waals surface area contributed by atoms with E-state index >= 15 is 0 Å². The van der Waals surface area contributed by atoms with E-state index in [1.165, 1.54) is 10.8 Å². The second-order valence-electron chi connectivity index (χ2n) is 5.91. The van der Waals surface area contributed by atoms with Crippen molar-refractivity contribution in [3.05, 3.63) is 52.9 Å². The predicted molar refractivity (Wildman–Crippen MR) is 93.7 cm³/mol. The van der Waals surface area contributed by atoms with E-state index in [4.69, 9.17) is 5.26 Å². The third kappa shape index (κ3) is 2.76. The van der Waals surface area contributed by atoms with Crippen molar-refractivity contribution in [3.63, 3.8) is 0 Å². The van der Waals surface area contributed by atoms with Crippen LogP contribution in [-0.4, -0.2) is 16.5 Å². The fraction of sp³-hybridized carbons (Fsp3) is 0.222. The van der Waals surface area contributed by atoms with Crippen LogP contribution in [0.4, 0.5) is 0 Å². The lowest BCUT2D eigenvalue weighted by atomic mass is 10.1. The number of imidazole rings is 1. The third-order valence-electron chi connectivity index (χ3n) is 4.35.